The molecule has 1 amide bonds. The molecule has 1 saturated heterocycles. The Morgan fingerprint density at radius 1 is 0.971 bits per heavy atom. The molecule has 4 rings (SSSR count). The topological polar surface area (TPSA) is 75.4 Å². The summed E-state index contributed by atoms with van der Waals surface area (Å²) in [5.41, 5.74) is -1.66. The van der Waals surface area contributed by atoms with Crippen LogP contribution in [0.2, 0.25) is 0 Å². The van der Waals surface area contributed by atoms with E-state index >= 15 is 0 Å². The van der Waals surface area contributed by atoms with Gasteiger partial charge in [-0.25, -0.2) is 0 Å². The zero-order valence-corrected chi connectivity index (χ0v) is 17.4. The van der Waals surface area contributed by atoms with E-state index in [4.69, 9.17) is 4.52 Å². The largest absolute Gasteiger partial charge is 0.433 e. The molecule has 0 spiro atoms. The zero-order valence-electron chi connectivity index (χ0n) is 17.4. The fraction of sp³-hybridized carbons (Fsp3) is 0.333. The highest BCUT2D eigenvalue weighted by Gasteiger charge is 2.33. The van der Waals surface area contributed by atoms with Crippen LogP contribution in [0.4, 0.5) is 26.3 Å². The number of benzene rings is 1. The standard InChI is InChI=1S/C21H17F6N5O2/c22-20(23,24)15-3-1-2-13(10-15)18-29-17(34-30-18)12-31-6-8-32(9-7-31)19(33)14-4-5-16(28-11-14)21(25,26)27/h1-5,10-11H,6-9,12H2. The van der Waals surface area contributed by atoms with E-state index in [2.05, 4.69) is 15.1 Å². The van der Waals surface area contributed by atoms with Crippen LogP contribution in [0, 0.1) is 0 Å². The van der Waals surface area contributed by atoms with Crippen molar-refractivity contribution in [1.29, 1.82) is 0 Å². The lowest BCUT2D eigenvalue weighted by atomic mass is 10.1. The van der Waals surface area contributed by atoms with Gasteiger partial charge in [0, 0.05) is 37.9 Å². The molecule has 34 heavy (non-hydrogen) atoms. The average Bonchev–Trinajstić information content (AvgIpc) is 3.27. The minimum absolute atomic E-state index is 0.0321. The lowest BCUT2D eigenvalue weighted by Crippen LogP contribution is -2.48. The number of hydrogen-bond donors (Lipinski definition) is 0. The van der Waals surface area contributed by atoms with E-state index < -0.39 is 29.5 Å². The summed E-state index contributed by atoms with van der Waals surface area (Å²) in [6, 6.07) is 6.46. The summed E-state index contributed by atoms with van der Waals surface area (Å²) in [7, 11) is 0. The Morgan fingerprint density at radius 3 is 2.32 bits per heavy atom. The maximum absolute atomic E-state index is 12.9. The van der Waals surface area contributed by atoms with Crippen molar-refractivity contribution in [3.8, 4) is 11.4 Å². The Bertz CT molecular complexity index is 1150. The Hall–Kier alpha value is -3.48. The fourth-order valence-electron chi connectivity index (χ4n) is 3.44. The van der Waals surface area contributed by atoms with Crippen molar-refractivity contribution in [3.63, 3.8) is 0 Å². The van der Waals surface area contributed by atoms with Crippen LogP contribution in [-0.2, 0) is 18.9 Å². The highest BCUT2D eigenvalue weighted by molar-refractivity contribution is 5.94. The lowest BCUT2D eigenvalue weighted by molar-refractivity contribution is -0.141. The van der Waals surface area contributed by atoms with Gasteiger partial charge in [-0.05, 0) is 24.3 Å². The number of pyridine rings is 1. The highest BCUT2D eigenvalue weighted by atomic mass is 19.4. The van der Waals surface area contributed by atoms with Crippen LogP contribution in [0.1, 0.15) is 27.5 Å². The maximum Gasteiger partial charge on any atom is 0.433 e. The van der Waals surface area contributed by atoms with Gasteiger partial charge in [-0.15, -0.1) is 0 Å². The normalized spacial score (nSPS) is 15.5. The van der Waals surface area contributed by atoms with E-state index in [1.807, 2.05) is 4.90 Å². The third-order valence-corrected chi connectivity index (χ3v) is 5.24. The fourth-order valence-corrected chi connectivity index (χ4v) is 3.44. The number of alkyl halides is 6. The molecule has 1 aliphatic heterocycles. The van der Waals surface area contributed by atoms with Crippen LogP contribution < -0.4 is 0 Å². The smallest absolute Gasteiger partial charge is 0.338 e. The predicted molar refractivity (Wildman–Crippen MR) is 105 cm³/mol. The van der Waals surface area contributed by atoms with Gasteiger partial charge < -0.3 is 9.42 Å². The van der Waals surface area contributed by atoms with E-state index in [0.717, 1.165) is 30.5 Å². The van der Waals surface area contributed by atoms with Gasteiger partial charge >= 0.3 is 12.4 Å². The maximum atomic E-state index is 12.9. The first-order chi connectivity index (χ1) is 16.0. The summed E-state index contributed by atoms with van der Waals surface area (Å²) in [4.78, 5) is 23.4. The molecule has 0 saturated carbocycles. The zero-order chi connectivity index (χ0) is 24.5. The van der Waals surface area contributed by atoms with Gasteiger partial charge in [-0.3, -0.25) is 14.7 Å². The minimum Gasteiger partial charge on any atom is -0.338 e. The summed E-state index contributed by atoms with van der Waals surface area (Å²) in [6.45, 7) is 1.72. The molecule has 180 valence electrons. The Kier molecular flexibility index (Phi) is 6.30. The summed E-state index contributed by atoms with van der Waals surface area (Å²) >= 11 is 0. The van der Waals surface area contributed by atoms with Gasteiger partial charge in [0.2, 0.25) is 11.7 Å². The molecule has 0 N–H and O–H groups in total. The molecular formula is C21H17F6N5O2. The van der Waals surface area contributed by atoms with Gasteiger partial charge in [-0.1, -0.05) is 17.3 Å². The summed E-state index contributed by atoms with van der Waals surface area (Å²) in [5.74, 6) is -0.186. The molecule has 0 aliphatic carbocycles. The quantitative estimate of drug-likeness (QED) is 0.518. The second-order valence-electron chi connectivity index (χ2n) is 7.59. The van der Waals surface area contributed by atoms with E-state index in [9.17, 15) is 31.1 Å². The van der Waals surface area contributed by atoms with E-state index in [1.54, 1.807) is 0 Å². The summed E-state index contributed by atoms with van der Waals surface area (Å²) in [5, 5.41) is 3.75. The molecule has 3 aromatic rings. The van der Waals surface area contributed by atoms with Gasteiger partial charge in [-0.2, -0.15) is 31.3 Å². The summed E-state index contributed by atoms with van der Waals surface area (Å²) in [6.07, 6.45) is -8.16. The Labute approximate surface area is 189 Å². The van der Waals surface area contributed by atoms with Crippen LogP contribution in [0.3, 0.4) is 0 Å². The highest BCUT2D eigenvalue weighted by Crippen LogP contribution is 2.31. The number of piperazine rings is 1. The van der Waals surface area contributed by atoms with E-state index in [-0.39, 0.29) is 29.4 Å². The van der Waals surface area contributed by atoms with Gasteiger partial charge in [0.25, 0.3) is 5.91 Å². The van der Waals surface area contributed by atoms with Crippen molar-refractivity contribution in [1.82, 2.24) is 24.9 Å². The minimum atomic E-state index is -4.58. The van der Waals surface area contributed by atoms with Crippen molar-refractivity contribution in [2.45, 2.75) is 18.9 Å². The van der Waals surface area contributed by atoms with Crippen LogP contribution in [0.5, 0.6) is 0 Å². The van der Waals surface area contributed by atoms with Gasteiger partial charge in [0.1, 0.15) is 5.69 Å². The molecule has 0 bridgehead atoms. The number of halogens is 6. The molecule has 0 unspecified atom stereocenters. The first-order valence-corrected chi connectivity index (χ1v) is 10.1. The second-order valence-corrected chi connectivity index (χ2v) is 7.59. The average molecular weight is 485 g/mol. The molecule has 0 radical (unpaired) electrons. The number of aromatic nitrogens is 3. The predicted octanol–water partition coefficient (Wildman–Crippen LogP) is 4.13. The first-order valence-electron chi connectivity index (χ1n) is 10.1. The number of hydrogen-bond acceptors (Lipinski definition) is 6. The molecule has 1 aromatic carbocycles. The molecule has 1 fully saturated rings. The second kappa shape index (κ2) is 9.05. The van der Waals surface area contributed by atoms with Crippen molar-refractivity contribution in [2.75, 3.05) is 26.2 Å². The molecule has 7 nitrogen and oxygen atoms in total. The summed E-state index contributed by atoms with van der Waals surface area (Å²) < 4.78 is 81.8. The molecule has 1 aliphatic rings. The van der Waals surface area contributed by atoms with Crippen LogP contribution in [0.25, 0.3) is 11.4 Å². The van der Waals surface area contributed by atoms with E-state index in [0.29, 0.717) is 26.2 Å². The number of amides is 1. The number of rotatable bonds is 4. The monoisotopic (exact) mass is 485 g/mol. The molecular weight excluding hydrogens is 468 g/mol. The van der Waals surface area contributed by atoms with Crippen molar-refractivity contribution in [2.24, 2.45) is 0 Å². The molecule has 13 heteroatoms. The first kappa shape index (κ1) is 23.7. The van der Waals surface area contributed by atoms with Gasteiger partial charge in [0.15, 0.2) is 0 Å². The van der Waals surface area contributed by atoms with Crippen molar-refractivity contribution >= 4 is 5.91 Å². The number of nitrogens with zero attached hydrogens (tertiary/aromatic N) is 5. The van der Waals surface area contributed by atoms with Crippen LogP contribution in [-0.4, -0.2) is 57.0 Å². The number of carbonyl (C=O) groups excluding carboxylic acids is 1. The number of carbonyl (C=O) groups is 1. The lowest BCUT2D eigenvalue weighted by Gasteiger charge is -2.33. The molecule has 0 atom stereocenters. The van der Waals surface area contributed by atoms with Crippen molar-refractivity contribution < 1.29 is 35.7 Å². The third kappa shape index (κ3) is 5.35. The molecule has 3 heterocycles. The van der Waals surface area contributed by atoms with E-state index in [1.165, 1.54) is 17.0 Å². The SMILES string of the molecule is O=C(c1ccc(C(F)(F)F)nc1)N1CCN(Cc2nc(-c3cccc(C(F)(F)F)c3)no2)CC1. The molecule has 2 aromatic heterocycles. The van der Waals surface area contributed by atoms with Crippen molar-refractivity contribution in [3.05, 3.63) is 65.3 Å². The van der Waals surface area contributed by atoms with Crippen LogP contribution >= 0.6 is 0 Å². The van der Waals surface area contributed by atoms with Crippen LogP contribution in [0.15, 0.2) is 47.1 Å². The Morgan fingerprint density at radius 2 is 1.71 bits per heavy atom. The third-order valence-electron chi connectivity index (χ3n) is 5.24. The Balaban J connectivity index is 1.33. The van der Waals surface area contributed by atoms with Gasteiger partial charge in [0.05, 0.1) is 17.7 Å².